The summed E-state index contributed by atoms with van der Waals surface area (Å²) in [6, 6.07) is 14.6. The van der Waals surface area contributed by atoms with Crippen molar-refractivity contribution in [3.05, 3.63) is 66.1 Å². The van der Waals surface area contributed by atoms with E-state index in [0.717, 1.165) is 24.3 Å². The van der Waals surface area contributed by atoms with Crippen LogP contribution in [0.5, 0.6) is 0 Å². The second-order valence-electron chi connectivity index (χ2n) is 5.27. The van der Waals surface area contributed by atoms with Crippen molar-refractivity contribution < 1.29 is 0 Å². The lowest BCUT2D eigenvalue weighted by Gasteiger charge is -2.19. The number of benzene rings is 1. The van der Waals surface area contributed by atoms with E-state index in [9.17, 15) is 0 Å². The number of imidazole rings is 1. The van der Waals surface area contributed by atoms with Crippen LogP contribution in [0.4, 0.5) is 5.69 Å². The van der Waals surface area contributed by atoms with E-state index >= 15 is 0 Å². The highest BCUT2D eigenvalue weighted by Gasteiger charge is 2.05. The lowest BCUT2D eigenvalue weighted by Crippen LogP contribution is -2.16. The molecule has 108 valence electrons. The predicted molar refractivity (Wildman–Crippen MR) is 86.5 cm³/mol. The van der Waals surface area contributed by atoms with Crippen molar-refractivity contribution >= 4 is 11.3 Å². The Hall–Kier alpha value is -2.33. The summed E-state index contributed by atoms with van der Waals surface area (Å²) >= 11 is 0. The fraction of sp³-hybridized carbons (Fsp3) is 0.235. The zero-order chi connectivity index (χ0) is 14.7. The number of nitrogens with two attached hydrogens (primary N) is 1. The molecule has 0 radical (unpaired) electrons. The molecule has 2 N–H and O–H groups in total. The maximum atomic E-state index is 5.59. The molecule has 0 spiro atoms. The van der Waals surface area contributed by atoms with Crippen LogP contribution in [-0.2, 0) is 13.0 Å². The second kappa shape index (κ2) is 5.97. The van der Waals surface area contributed by atoms with Crippen LogP contribution in [0.3, 0.4) is 0 Å². The van der Waals surface area contributed by atoms with Crippen LogP contribution < -0.4 is 10.6 Å². The Balaban J connectivity index is 1.82. The lowest BCUT2D eigenvalue weighted by atomic mass is 10.2. The normalized spacial score (nSPS) is 11.0. The Labute approximate surface area is 124 Å². The van der Waals surface area contributed by atoms with Gasteiger partial charge in [0.15, 0.2) is 0 Å². The number of hydrogen-bond acceptors (Lipinski definition) is 3. The second-order valence-corrected chi connectivity index (χ2v) is 5.27. The molecule has 2 aromatic heterocycles. The predicted octanol–water partition coefficient (Wildman–Crippen LogP) is 2.47. The maximum absolute atomic E-state index is 5.59. The van der Waals surface area contributed by atoms with Crippen molar-refractivity contribution in [3.8, 4) is 0 Å². The molecule has 4 nitrogen and oxygen atoms in total. The van der Waals surface area contributed by atoms with Crippen LogP contribution >= 0.6 is 0 Å². The van der Waals surface area contributed by atoms with Gasteiger partial charge in [-0.3, -0.25) is 0 Å². The Kier molecular flexibility index (Phi) is 3.88. The first-order valence-corrected chi connectivity index (χ1v) is 7.19. The molecule has 0 aliphatic carbocycles. The van der Waals surface area contributed by atoms with E-state index in [-0.39, 0.29) is 0 Å². The third-order valence-corrected chi connectivity index (χ3v) is 3.59. The summed E-state index contributed by atoms with van der Waals surface area (Å²) in [5.74, 6) is 0. The Morgan fingerprint density at radius 2 is 1.90 bits per heavy atom. The van der Waals surface area contributed by atoms with Gasteiger partial charge in [-0.15, -0.1) is 0 Å². The summed E-state index contributed by atoms with van der Waals surface area (Å²) in [4.78, 5) is 6.78. The highest BCUT2D eigenvalue weighted by atomic mass is 15.1. The SMILES string of the molecule is CN(Cc1ccccc1)c1ccc2nc(CCN)cn2c1. The van der Waals surface area contributed by atoms with E-state index in [4.69, 9.17) is 5.73 Å². The summed E-state index contributed by atoms with van der Waals surface area (Å²) in [7, 11) is 2.10. The number of rotatable bonds is 5. The van der Waals surface area contributed by atoms with Crippen LogP contribution in [0.1, 0.15) is 11.3 Å². The molecule has 0 bridgehead atoms. The van der Waals surface area contributed by atoms with Crippen molar-refractivity contribution in [1.82, 2.24) is 9.38 Å². The fourth-order valence-corrected chi connectivity index (χ4v) is 2.48. The number of aromatic nitrogens is 2. The molecular weight excluding hydrogens is 260 g/mol. The Morgan fingerprint density at radius 3 is 2.67 bits per heavy atom. The summed E-state index contributed by atoms with van der Waals surface area (Å²) in [5, 5.41) is 0. The molecule has 21 heavy (non-hydrogen) atoms. The molecule has 0 saturated carbocycles. The van der Waals surface area contributed by atoms with E-state index in [1.54, 1.807) is 0 Å². The van der Waals surface area contributed by atoms with Crippen LogP contribution in [0, 0.1) is 0 Å². The van der Waals surface area contributed by atoms with Gasteiger partial charge in [-0.1, -0.05) is 30.3 Å². The van der Waals surface area contributed by atoms with Crippen molar-refractivity contribution in [3.63, 3.8) is 0 Å². The first kappa shape index (κ1) is 13.6. The molecule has 0 fully saturated rings. The van der Waals surface area contributed by atoms with Gasteiger partial charge in [0.1, 0.15) is 5.65 Å². The third kappa shape index (κ3) is 3.06. The number of pyridine rings is 1. The zero-order valence-corrected chi connectivity index (χ0v) is 12.2. The van der Waals surface area contributed by atoms with Crippen LogP contribution in [0.2, 0.25) is 0 Å². The van der Waals surface area contributed by atoms with Gasteiger partial charge in [0.25, 0.3) is 0 Å². The molecule has 1 aromatic carbocycles. The van der Waals surface area contributed by atoms with Crippen molar-refractivity contribution in [1.29, 1.82) is 0 Å². The molecule has 0 aliphatic rings. The molecule has 3 rings (SSSR count). The Morgan fingerprint density at radius 1 is 1.10 bits per heavy atom. The van der Waals surface area contributed by atoms with Gasteiger partial charge >= 0.3 is 0 Å². The number of hydrogen-bond donors (Lipinski definition) is 1. The van der Waals surface area contributed by atoms with E-state index in [2.05, 4.69) is 70.1 Å². The highest BCUT2D eigenvalue weighted by molar-refractivity contribution is 5.52. The summed E-state index contributed by atoms with van der Waals surface area (Å²) in [6.07, 6.45) is 4.99. The number of anilines is 1. The standard InChI is InChI=1S/C17H20N4/c1-20(11-14-5-3-2-4-6-14)16-7-8-17-19-15(9-10-18)12-21(17)13-16/h2-8,12-13H,9-11,18H2,1H3. The minimum atomic E-state index is 0.630. The summed E-state index contributed by atoms with van der Waals surface area (Å²) in [5.41, 5.74) is 10.1. The van der Waals surface area contributed by atoms with E-state index < -0.39 is 0 Å². The van der Waals surface area contributed by atoms with Gasteiger partial charge in [-0.05, 0) is 24.2 Å². The van der Waals surface area contributed by atoms with E-state index in [1.165, 1.54) is 11.3 Å². The van der Waals surface area contributed by atoms with E-state index in [0.29, 0.717) is 6.54 Å². The topological polar surface area (TPSA) is 46.6 Å². The van der Waals surface area contributed by atoms with Crippen molar-refractivity contribution in [2.75, 3.05) is 18.5 Å². The molecule has 0 amide bonds. The minimum Gasteiger partial charge on any atom is -0.369 e. The van der Waals surface area contributed by atoms with Crippen LogP contribution in [0.25, 0.3) is 5.65 Å². The van der Waals surface area contributed by atoms with Crippen LogP contribution in [0.15, 0.2) is 54.9 Å². The first-order valence-electron chi connectivity index (χ1n) is 7.19. The molecule has 0 aliphatic heterocycles. The fourth-order valence-electron chi connectivity index (χ4n) is 2.48. The third-order valence-electron chi connectivity index (χ3n) is 3.59. The average molecular weight is 280 g/mol. The lowest BCUT2D eigenvalue weighted by molar-refractivity contribution is 0.914. The van der Waals surface area contributed by atoms with Gasteiger partial charge in [-0.2, -0.15) is 0 Å². The summed E-state index contributed by atoms with van der Waals surface area (Å²) in [6.45, 7) is 1.52. The molecule has 2 heterocycles. The van der Waals surface area contributed by atoms with Crippen molar-refractivity contribution in [2.24, 2.45) is 5.73 Å². The summed E-state index contributed by atoms with van der Waals surface area (Å²) < 4.78 is 2.07. The average Bonchev–Trinajstić information content (AvgIpc) is 2.90. The molecule has 4 heteroatoms. The zero-order valence-electron chi connectivity index (χ0n) is 12.2. The van der Waals surface area contributed by atoms with Crippen LogP contribution in [-0.4, -0.2) is 23.0 Å². The van der Waals surface area contributed by atoms with Gasteiger partial charge in [0, 0.05) is 32.4 Å². The van der Waals surface area contributed by atoms with Gasteiger partial charge in [-0.25, -0.2) is 4.98 Å². The maximum Gasteiger partial charge on any atom is 0.137 e. The minimum absolute atomic E-state index is 0.630. The smallest absolute Gasteiger partial charge is 0.137 e. The number of fused-ring (bicyclic) bond motifs is 1. The molecule has 0 unspecified atom stereocenters. The first-order chi connectivity index (χ1) is 10.3. The monoisotopic (exact) mass is 280 g/mol. The van der Waals surface area contributed by atoms with Gasteiger partial charge in [0.05, 0.1) is 11.4 Å². The Bertz CT molecular complexity index is 718. The quantitative estimate of drug-likeness (QED) is 0.781. The molecule has 0 saturated heterocycles. The number of nitrogens with zero attached hydrogens (tertiary/aromatic N) is 3. The molecule has 3 aromatic rings. The van der Waals surface area contributed by atoms with E-state index in [1.807, 2.05) is 6.07 Å². The largest absolute Gasteiger partial charge is 0.369 e. The molecule has 0 atom stereocenters. The van der Waals surface area contributed by atoms with Gasteiger partial charge < -0.3 is 15.0 Å². The molecular formula is C17H20N4. The van der Waals surface area contributed by atoms with Gasteiger partial charge in [0.2, 0.25) is 0 Å². The highest BCUT2D eigenvalue weighted by Crippen LogP contribution is 2.17. The van der Waals surface area contributed by atoms with Crippen molar-refractivity contribution in [2.45, 2.75) is 13.0 Å².